The zero-order chi connectivity index (χ0) is 16.3. The van der Waals surface area contributed by atoms with Gasteiger partial charge >= 0.3 is 6.01 Å². The molecule has 0 saturated heterocycles. The van der Waals surface area contributed by atoms with Gasteiger partial charge in [0, 0.05) is 11.5 Å². The molecule has 1 heterocycles. The maximum atomic E-state index is 12.6. The number of carbonyl (C=O) groups excluding carboxylic acids is 2. The van der Waals surface area contributed by atoms with E-state index in [1.54, 1.807) is 0 Å². The second-order valence-electron chi connectivity index (χ2n) is 8.45. The lowest BCUT2D eigenvalue weighted by molar-refractivity contribution is -0.117. The van der Waals surface area contributed by atoms with E-state index in [1.165, 1.54) is 25.5 Å². The van der Waals surface area contributed by atoms with Crippen LogP contribution >= 0.6 is 0 Å². The number of anilines is 1. The van der Waals surface area contributed by atoms with Crippen molar-refractivity contribution in [1.29, 1.82) is 0 Å². The molecule has 2 N–H and O–H groups in total. The summed E-state index contributed by atoms with van der Waals surface area (Å²) < 4.78 is 5.25. The van der Waals surface area contributed by atoms with Crippen LogP contribution in [0.3, 0.4) is 0 Å². The van der Waals surface area contributed by atoms with Gasteiger partial charge < -0.3 is 9.73 Å². The van der Waals surface area contributed by atoms with Gasteiger partial charge in [-0.15, -0.1) is 0 Å². The summed E-state index contributed by atoms with van der Waals surface area (Å²) in [6, 6.07) is 0.127. The van der Waals surface area contributed by atoms with Crippen molar-refractivity contribution in [1.82, 2.24) is 10.3 Å². The van der Waals surface area contributed by atoms with Crippen molar-refractivity contribution in [2.75, 3.05) is 5.32 Å². The number of amides is 2. The quantitative estimate of drug-likeness (QED) is 0.889. The van der Waals surface area contributed by atoms with E-state index < -0.39 is 0 Å². The molecule has 0 atom stereocenters. The normalized spacial score (nSPS) is 36.6. The molecule has 5 aliphatic rings. The Balaban J connectivity index is 1.27. The number of nitrogens with zero attached hydrogens (tertiary/aromatic N) is 1. The Labute approximate surface area is 140 Å². The van der Waals surface area contributed by atoms with E-state index >= 15 is 0 Å². The van der Waals surface area contributed by atoms with E-state index in [0.717, 1.165) is 49.9 Å². The summed E-state index contributed by atoms with van der Waals surface area (Å²) in [5.74, 6) is 2.19. The minimum atomic E-state index is -0.173. The first-order valence-corrected chi connectivity index (χ1v) is 9.17. The fraction of sp³-hybridized carbons (Fsp3) is 0.722. The monoisotopic (exact) mass is 329 g/mol. The van der Waals surface area contributed by atoms with Gasteiger partial charge in [0.15, 0.2) is 5.69 Å². The second kappa shape index (κ2) is 5.07. The van der Waals surface area contributed by atoms with Crippen LogP contribution < -0.4 is 10.6 Å². The molecule has 4 bridgehead atoms. The third-order valence-electron chi connectivity index (χ3n) is 6.33. The predicted octanol–water partition coefficient (Wildman–Crippen LogP) is 2.72. The molecule has 0 aromatic carbocycles. The van der Waals surface area contributed by atoms with Gasteiger partial charge in [0.2, 0.25) is 5.91 Å². The van der Waals surface area contributed by atoms with E-state index in [0.29, 0.717) is 0 Å². The highest BCUT2D eigenvalue weighted by atomic mass is 16.4. The minimum absolute atomic E-state index is 0.0395. The van der Waals surface area contributed by atoms with Gasteiger partial charge in [0.25, 0.3) is 5.91 Å². The highest BCUT2D eigenvalue weighted by Gasteiger charge is 2.51. The van der Waals surface area contributed by atoms with Crippen molar-refractivity contribution in [3.05, 3.63) is 12.0 Å². The van der Waals surface area contributed by atoms with Crippen LogP contribution in [0.25, 0.3) is 0 Å². The second-order valence-corrected chi connectivity index (χ2v) is 8.45. The minimum Gasteiger partial charge on any atom is -0.431 e. The molecular weight excluding hydrogens is 306 g/mol. The van der Waals surface area contributed by atoms with Gasteiger partial charge in [-0.05, 0) is 69.1 Å². The van der Waals surface area contributed by atoms with Gasteiger partial charge in [-0.3, -0.25) is 14.9 Å². The summed E-state index contributed by atoms with van der Waals surface area (Å²) in [5.41, 5.74) is 0.221. The maximum Gasteiger partial charge on any atom is 0.302 e. The number of hydrogen-bond donors (Lipinski definition) is 2. The lowest BCUT2D eigenvalue weighted by Gasteiger charge is -2.56. The molecule has 128 valence electrons. The van der Waals surface area contributed by atoms with Crippen LogP contribution in [0.15, 0.2) is 10.7 Å². The highest BCUT2D eigenvalue weighted by Crippen LogP contribution is 2.55. The van der Waals surface area contributed by atoms with Crippen molar-refractivity contribution < 1.29 is 14.0 Å². The molecule has 0 aliphatic heterocycles. The van der Waals surface area contributed by atoms with E-state index in [-0.39, 0.29) is 35.0 Å². The van der Waals surface area contributed by atoms with Crippen molar-refractivity contribution in [3.63, 3.8) is 0 Å². The number of rotatable bonds is 4. The molecule has 6 nitrogen and oxygen atoms in total. The summed E-state index contributed by atoms with van der Waals surface area (Å²) >= 11 is 0. The van der Waals surface area contributed by atoms with E-state index in [2.05, 4.69) is 15.6 Å². The molecule has 6 heteroatoms. The Morgan fingerprint density at radius 3 is 2.29 bits per heavy atom. The van der Waals surface area contributed by atoms with Crippen molar-refractivity contribution in [2.45, 2.75) is 56.9 Å². The molecule has 0 unspecified atom stereocenters. The SMILES string of the molecule is O=C(NC12CC3CC(CC(C3)C1)C2)c1coc(NC(=O)C2CC2)n1. The first kappa shape index (κ1) is 14.5. The largest absolute Gasteiger partial charge is 0.431 e. The third kappa shape index (κ3) is 2.52. The number of aromatic nitrogens is 1. The van der Waals surface area contributed by atoms with Crippen molar-refractivity contribution >= 4 is 17.8 Å². The van der Waals surface area contributed by atoms with Crippen LogP contribution in [-0.4, -0.2) is 22.3 Å². The van der Waals surface area contributed by atoms with Gasteiger partial charge in [0.05, 0.1) is 0 Å². The van der Waals surface area contributed by atoms with E-state index in [1.807, 2.05) is 0 Å². The fourth-order valence-corrected chi connectivity index (χ4v) is 5.56. The highest BCUT2D eigenvalue weighted by molar-refractivity contribution is 5.95. The van der Waals surface area contributed by atoms with Gasteiger partial charge in [-0.1, -0.05) is 0 Å². The Morgan fingerprint density at radius 2 is 1.71 bits per heavy atom. The molecule has 5 aliphatic carbocycles. The Bertz CT molecular complexity index is 656. The molecule has 1 aromatic heterocycles. The van der Waals surface area contributed by atoms with Crippen molar-refractivity contribution in [3.8, 4) is 0 Å². The predicted molar refractivity (Wildman–Crippen MR) is 86.2 cm³/mol. The lowest BCUT2D eigenvalue weighted by atomic mass is 9.53. The molecular formula is C18H23N3O3. The van der Waals surface area contributed by atoms with E-state index in [4.69, 9.17) is 4.42 Å². The molecule has 24 heavy (non-hydrogen) atoms. The maximum absolute atomic E-state index is 12.6. The molecule has 6 rings (SSSR count). The zero-order valence-electron chi connectivity index (χ0n) is 13.7. The van der Waals surface area contributed by atoms with Crippen LogP contribution in [-0.2, 0) is 4.79 Å². The molecule has 2 amide bonds. The number of oxazole rings is 1. The summed E-state index contributed by atoms with van der Waals surface area (Å²) in [4.78, 5) is 28.5. The summed E-state index contributed by atoms with van der Waals surface area (Å²) in [6.45, 7) is 0. The lowest BCUT2D eigenvalue weighted by Crippen LogP contribution is -2.59. The fourth-order valence-electron chi connectivity index (χ4n) is 5.56. The van der Waals surface area contributed by atoms with Gasteiger partial charge in [-0.25, -0.2) is 0 Å². The average Bonchev–Trinajstić information content (AvgIpc) is 3.25. The number of carbonyl (C=O) groups is 2. The van der Waals surface area contributed by atoms with Crippen LogP contribution in [0.5, 0.6) is 0 Å². The smallest absolute Gasteiger partial charge is 0.302 e. The van der Waals surface area contributed by atoms with Gasteiger partial charge in [0.1, 0.15) is 6.26 Å². The standard InChI is InChI=1S/C18H23N3O3/c22-15(13-1-2-13)20-17-19-14(9-24-17)16(23)21-18-6-10-3-11(7-18)5-12(4-10)8-18/h9-13H,1-8H2,(H,21,23)(H,19,20,22). The first-order valence-electron chi connectivity index (χ1n) is 9.17. The average molecular weight is 329 g/mol. The van der Waals surface area contributed by atoms with Crippen LogP contribution in [0, 0.1) is 23.7 Å². The number of nitrogens with one attached hydrogen (secondary N) is 2. The molecule has 5 fully saturated rings. The third-order valence-corrected chi connectivity index (χ3v) is 6.33. The molecule has 0 radical (unpaired) electrons. The van der Waals surface area contributed by atoms with Gasteiger partial charge in [-0.2, -0.15) is 4.98 Å². The Morgan fingerprint density at radius 1 is 1.08 bits per heavy atom. The Kier molecular flexibility index (Phi) is 3.06. The topological polar surface area (TPSA) is 84.2 Å². The summed E-state index contributed by atoms with van der Waals surface area (Å²) in [7, 11) is 0. The first-order chi connectivity index (χ1) is 11.6. The summed E-state index contributed by atoms with van der Waals surface area (Å²) in [5, 5.41) is 5.91. The van der Waals surface area contributed by atoms with Crippen molar-refractivity contribution in [2.24, 2.45) is 23.7 Å². The molecule has 5 saturated carbocycles. The van der Waals surface area contributed by atoms with Crippen LogP contribution in [0.4, 0.5) is 6.01 Å². The van der Waals surface area contributed by atoms with Crippen LogP contribution in [0.1, 0.15) is 61.9 Å². The Hall–Kier alpha value is -1.85. The zero-order valence-corrected chi connectivity index (χ0v) is 13.7. The summed E-state index contributed by atoms with van der Waals surface area (Å²) in [6.07, 6.45) is 10.5. The molecule has 0 spiro atoms. The molecule has 1 aromatic rings. The number of hydrogen-bond acceptors (Lipinski definition) is 4. The van der Waals surface area contributed by atoms with E-state index in [9.17, 15) is 9.59 Å². The van der Waals surface area contributed by atoms with Crippen LogP contribution in [0.2, 0.25) is 0 Å².